The molecule has 6 heteroatoms. The van der Waals surface area contributed by atoms with Crippen molar-refractivity contribution in [3.63, 3.8) is 0 Å². The number of aliphatic hydroxyl groups excluding tert-OH is 1. The van der Waals surface area contributed by atoms with Gasteiger partial charge in [0.05, 0.1) is 6.10 Å². The van der Waals surface area contributed by atoms with Gasteiger partial charge in [-0.05, 0) is 57.0 Å². The van der Waals surface area contributed by atoms with E-state index in [0.29, 0.717) is 19.6 Å². The number of benzene rings is 2. The molecular weight excluding hydrogens is 373 g/mol. The van der Waals surface area contributed by atoms with Crippen molar-refractivity contribution in [2.75, 3.05) is 13.1 Å². The topological polar surface area (TPSA) is 67.8 Å². The summed E-state index contributed by atoms with van der Waals surface area (Å²) in [4.78, 5) is 9.60. The summed E-state index contributed by atoms with van der Waals surface area (Å²) < 4.78 is 24.3. The van der Waals surface area contributed by atoms with Crippen LogP contribution in [0.4, 0.5) is 4.39 Å². The predicted octanol–water partition coefficient (Wildman–Crippen LogP) is 3.80. The number of hydrogen-bond acceptors (Lipinski definition) is 5. The molecule has 158 valence electrons. The van der Waals surface area contributed by atoms with Gasteiger partial charge in [-0.3, -0.25) is 4.79 Å². The van der Waals surface area contributed by atoms with Crippen molar-refractivity contribution in [1.82, 2.24) is 5.32 Å². The van der Waals surface area contributed by atoms with Crippen molar-refractivity contribution in [1.29, 1.82) is 0 Å². The van der Waals surface area contributed by atoms with Crippen LogP contribution >= 0.6 is 0 Å². The number of rotatable bonds is 5. The largest absolute Gasteiger partial charge is 0.486 e. The fourth-order valence-electron chi connectivity index (χ4n) is 2.98. The first-order valence-electron chi connectivity index (χ1n) is 9.76. The highest BCUT2D eigenvalue weighted by Gasteiger charge is 2.25. The summed E-state index contributed by atoms with van der Waals surface area (Å²) in [6.07, 6.45) is 0.342. The molecule has 1 aliphatic rings. The van der Waals surface area contributed by atoms with Gasteiger partial charge >= 0.3 is 0 Å². The second kappa shape index (κ2) is 10.9. The number of halogens is 1. The number of carbonyl (C=O) groups is 1. The number of β-amino-alcohol motifs (C(OH)–C–C–N with tert-alkyl or cyclic N) is 1. The molecule has 0 aromatic heterocycles. The van der Waals surface area contributed by atoms with E-state index in [9.17, 15) is 14.3 Å². The number of carbonyl (C=O) groups excluding carboxylic acids is 1. The molecule has 29 heavy (non-hydrogen) atoms. The summed E-state index contributed by atoms with van der Waals surface area (Å²) in [6, 6.07) is 14.7. The minimum absolute atomic E-state index is 0.0149. The highest BCUT2D eigenvalue weighted by molar-refractivity contribution is 5.37. The van der Waals surface area contributed by atoms with Crippen molar-refractivity contribution in [3.05, 3.63) is 65.5 Å². The van der Waals surface area contributed by atoms with Crippen molar-refractivity contribution in [2.45, 2.75) is 51.4 Å². The molecule has 1 fully saturated rings. The lowest BCUT2D eigenvalue weighted by atomic mass is 9.88. The van der Waals surface area contributed by atoms with Gasteiger partial charge in [0.2, 0.25) is 0 Å². The SMILES string of the molecule is CC(C)(C)OC=O.O[C@H]1CNCC[C@@H]1c1ccc(OCc2ccccc2)c(F)c1. The minimum atomic E-state index is -0.468. The van der Waals surface area contributed by atoms with Crippen LogP contribution in [0.25, 0.3) is 0 Å². The van der Waals surface area contributed by atoms with Crippen LogP contribution in [-0.2, 0) is 16.1 Å². The Bertz CT molecular complexity index is 761. The summed E-state index contributed by atoms with van der Waals surface area (Å²) in [5, 5.41) is 13.1. The first-order chi connectivity index (χ1) is 13.8. The lowest BCUT2D eigenvalue weighted by molar-refractivity contribution is -0.138. The van der Waals surface area contributed by atoms with E-state index in [4.69, 9.17) is 4.74 Å². The van der Waals surface area contributed by atoms with Crippen LogP contribution in [0.15, 0.2) is 48.5 Å². The fourth-order valence-corrected chi connectivity index (χ4v) is 2.98. The van der Waals surface area contributed by atoms with Crippen molar-refractivity contribution < 1.29 is 23.8 Å². The third-order valence-electron chi connectivity index (χ3n) is 4.47. The number of nitrogens with one attached hydrogen (secondary N) is 1. The van der Waals surface area contributed by atoms with Crippen molar-refractivity contribution >= 4 is 6.47 Å². The van der Waals surface area contributed by atoms with E-state index in [-0.39, 0.29) is 23.1 Å². The number of aliphatic hydroxyl groups is 1. The minimum Gasteiger partial charge on any atom is -0.486 e. The molecule has 0 aliphatic carbocycles. The molecule has 0 amide bonds. The molecule has 0 radical (unpaired) electrons. The normalized spacial score (nSPS) is 18.9. The van der Waals surface area contributed by atoms with Gasteiger partial charge in [-0.25, -0.2) is 4.39 Å². The monoisotopic (exact) mass is 403 g/mol. The number of ether oxygens (including phenoxy) is 2. The van der Waals surface area contributed by atoms with E-state index in [1.165, 1.54) is 6.07 Å². The van der Waals surface area contributed by atoms with E-state index in [1.54, 1.807) is 6.07 Å². The van der Waals surface area contributed by atoms with Crippen LogP contribution in [0.2, 0.25) is 0 Å². The van der Waals surface area contributed by atoms with E-state index in [2.05, 4.69) is 10.1 Å². The second-order valence-corrected chi connectivity index (χ2v) is 7.96. The predicted molar refractivity (Wildman–Crippen MR) is 110 cm³/mol. The smallest absolute Gasteiger partial charge is 0.293 e. The first-order valence-corrected chi connectivity index (χ1v) is 9.76. The van der Waals surface area contributed by atoms with Crippen LogP contribution in [0.1, 0.15) is 44.2 Å². The maximum atomic E-state index is 14.2. The Morgan fingerprint density at radius 1 is 1.21 bits per heavy atom. The summed E-state index contributed by atoms with van der Waals surface area (Å²) in [5.41, 5.74) is 1.51. The summed E-state index contributed by atoms with van der Waals surface area (Å²) in [5.74, 6) is -0.144. The zero-order valence-corrected chi connectivity index (χ0v) is 17.2. The van der Waals surface area contributed by atoms with Gasteiger partial charge in [-0.15, -0.1) is 0 Å². The van der Waals surface area contributed by atoms with Gasteiger partial charge < -0.3 is 19.9 Å². The fraction of sp³-hybridized carbons (Fsp3) is 0.435. The van der Waals surface area contributed by atoms with Gasteiger partial charge in [0.15, 0.2) is 11.6 Å². The third-order valence-corrected chi connectivity index (χ3v) is 4.47. The van der Waals surface area contributed by atoms with Crippen molar-refractivity contribution in [3.8, 4) is 5.75 Å². The summed E-state index contributed by atoms with van der Waals surface area (Å²) in [6.45, 7) is 7.66. The van der Waals surface area contributed by atoms with E-state index in [1.807, 2.05) is 57.2 Å². The van der Waals surface area contributed by atoms with E-state index < -0.39 is 6.10 Å². The zero-order valence-electron chi connectivity index (χ0n) is 17.2. The maximum absolute atomic E-state index is 14.2. The zero-order chi connectivity index (χ0) is 21.3. The second-order valence-electron chi connectivity index (χ2n) is 7.96. The molecule has 2 atom stereocenters. The van der Waals surface area contributed by atoms with Gasteiger partial charge in [0.1, 0.15) is 12.2 Å². The van der Waals surface area contributed by atoms with Crippen LogP contribution in [0, 0.1) is 5.82 Å². The van der Waals surface area contributed by atoms with Crippen LogP contribution in [0.5, 0.6) is 5.75 Å². The highest BCUT2D eigenvalue weighted by Crippen LogP contribution is 2.29. The Morgan fingerprint density at radius 2 is 1.93 bits per heavy atom. The van der Waals surface area contributed by atoms with E-state index in [0.717, 1.165) is 24.1 Å². The average Bonchev–Trinajstić information content (AvgIpc) is 2.68. The molecule has 0 unspecified atom stereocenters. The number of hydrogen-bond donors (Lipinski definition) is 2. The highest BCUT2D eigenvalue weighted by atomic mass is 19.1. The van der Waals surface area contributed by atoms with Gasteiger partial charge in [-0.1, -0.05) is 36.4 Å². The van der Waals surface area contributed by atoms with Crippen molar-refractivity contribution in [2.24, 2.45) is 0 Å². The Balaban J connectivity index is 0.000000370. The quantitative estimate of drug-likeness (QED) is 0.744. The Labute approximate surface area is 171 Å². The molecule has 2 aromatic rings. The van der Waals surface area contributed by atoms with Gasteiger partial charge in [-0.2, -0.15) is 0 Å². The molecule has 3 rings (SSSR count). The standard InChI is InChI=1S/C18H20FNO2.C5H10O2/c19-16-10-14(15-8-9-20-11-17(15)21)6-7-18(16)22-12-13-4-2-1-3-5-13;1-5(2,3)7-4-6/h1-7,10,15,17,20-21H,8-9,11-12H2;4H,1-3H3/t15-,17+;/m1./s1. The number of piperidine rings is 1. The molecule has 1 heterocycles. The molecule has 1 saturated heterocycles. The Hall–Kier alpha value is -2.44. The van der Waals surface area contributed by atoms with Crippen LogP contribution in [-0.4, -0.2) is 36.4 Å². The first kappa shape index (κ1) is 22.8. The van der Waals surface area contributed by atoms with Crippen LogP contribution < -0.4 is 10.1 Å². The van der Waals surface area contributed by atoms with Crippen LogP contribution in [0.3, 0.4) is 0 Å². The molecule has 5 nitrogen and oxygen atoms in total. The molecule has 0 saturated carbocycles. The Morgan fingerprint density at radius 3 is 2.48 bits per heavy atom. The third kappa shape index (κ3) is 7.83. The molecule has 2 aromatic carbocycles. The van der Waals surface area contributed by atoms with Gasteiger partial charge in [0, 0.05) is 12.5 Å². The molecule has 0 bridgehead atoms. The Kier molecular flexibility index (Phi) is 8.61. The lowest BCUT2D eigenvalue weighted by Gasteiger charge is -2.28. The molecule has 1 aliphatic heterocycles. The lowest BCUT2D eigenvalue weighted by Crippen LogP contribution is -2.39. The van der Waals surface area contributed by atoms with Gasteiger partial charge in [0.25, 0.3) is 6.47 Å². The maximum Gasteiger partial charge on any atom is 0.293 e. The molecule has 2 N–H and O–H groups in total. The summed E-state index contributed by atoms with van der Waals surface area (Å²) >= 11 is 0. The average molecular weight is 403 g/mol. The molecule has 0 spiro atoms. The van der Waals surface area contributed by atoms with E-state index >= 15 is 0 Å². The molecular formula is C23H30FNO4. The summed E-state index contributed by atoms with van der Waals surface area (Å²) in [7, 11) is 0.